The number of hydrogen-bond donors (Lipinski definition) is 1. The lowest BCUT2D eigenvalue weighted by molar-refractivity contribution is 0.275. The van der Waals surface area contributed by atoms with Gasteiger partial charge in [-0.25, -0.2) is 9.37 Å². The highest BCUT2D eigenvalue weighted by Gasteiger charge is 2.21. The number of rotatable bonds is 2. The van der Waals surface area contributed by atoms with Crippen LogP contribution in [0.25, 0.3) is 11.4 Å². The molecule has 0 saturated heterocycles. The van der Waals surface area contributed by atoms with Crippen molar-refractivity contribution in [2.75, 3.05) is 0 Å². The van der Waals surface area contributed by atoms with Gasteiger partial charge in [-0.2, -0.15) is 0 Å². The lowest BCUT2D eigenvalue weighted by atomic mass is 10.1. The van der Waals surface area contributed by atoms with E-state index in [0.29, 0.717) is 17.1 Å². The molecule has 0 saturated carbocycles. The second kappa shape index (κ2) is 4.53. The first-order valence-corrected chi connectivity index (χ1v) is 6.25. The third-order valence-electron chi connectivity index (χ3n) is 3.47. The Labute approximate surface area is 105 Å². The van der Waals surface area contributed by atoms with E-state index in [1.54, 1.807) is 12.1 Å². The molecular weight excluding hydrogens is 231 g/mol. The fourth-order valence-electron chi connectivity index (χ4n) is 2.59. The van der Waals surface area contributed by atoms with Gasteiger partial charge >= 0.3 is 0 Å². The Bertz CT molecular complexity index is 577. The number of aromatic nitrogens is 2. The van der Waals surface area contributed by atoms with Gasteiger partial charge in [0.05, 0.1) is 17.9 Å². The van der Waals surface area contributed by atoms with Crippen molar-refractivity contribution in [2.24, 2.45) is 0 Å². The van der Waals surface area contributed by atoms with Crippen LogP contribution in [0.2, 0.25) is 0 Å². The monoisotopic (exact) mass is 246 g/mol. The molecule has 0 spiro atoms. The molecule has 1 N–H and O–H groups in total. The minimum absolute atomic E-state index is 0.0796. The maximum absolute atomic E-state index is 13.8. The number of imidazole rings is 1. The van der Waals surface area contributed by atoms with Crippen LogP contribution in [-0.4, -0.2) is 14.7 Å². The van der Waals surface area contributed by atoms with Crippen molar-refractivity contribution in [1.82, 2.24) is 9.55 Å². The summed E-state index contributed by atoms with van der Waals surface area (Å²) in [5.74, 6) is 0.382. The summed E-state index contributed by atoms with van der Waals surface area (Å²) in [4.78, 5) is 4.41. The van der Waals surface area contributed by atoms with Crippen molar-refractivity contribution in [1.29, 1.82) is 0 Å². The first kappa shape index (κ1) is 11.4. The Balaban J connectivity index is 2.18. The molecule has 3 nitrogen and oxygen atoms in total. The SMILES string of the molecule is OCc1nc(-c2ccccc2F)n2c1CCCC2. The summed E-state index contributed by atoms with van der Waals surface area (Å²) in [5, 5.41) is 9.35. The van der Waals surface area contributed by atoms with E-state index in [1.807, 2.05) is 10.6 Å². The quantitative estimate of drug-likeness (QED) is 0.884. The minimum atomic E-state index is -0.264. The Morgan fingerprint density at radius 2 is 2.11 bits per heavy atom. The molecule has 0 amide bonds. The molecule has 2 aromatic rings. The molecule has 0 fully saturated rings. The van der Waals surface area contributed by atoms with Crippen LogP contribution in [0, 0.1) is 5.82 Å². The van der Waals surface area contributed by atoms with Gasteiger partial charge in [-0.15, -0.1) is 0 Å². The van der Waals surface area contributed by atoms with E-state index in [9.17, 15) is 9.50 Å². The van der Waals surface area contributed by atoms with Crippen molar-refractivity contribution in [2.45, 2.75) is 32.4 Å². The molecule has 1 aliphatic heterocycles. The molecule has 1 aromatic heterocycles. The highest BCUT2D eigenvalue weighted by molar-refractivity contribution is 5.58. The fraction of sp³-hybridized carbons (Fsp3) is 0.357. The molecular formula is C14H15FN2O. The Morgan fingerprint density at radius 1 is 1.28 bits per heavy atom. The number of fused-ring (bicyclic) bond motifs is 1. The zero-order valence-electron chi connectivity index (χ0n) is 10.1. The van der Waals surface area contributed by atoms with E-state index in [4.69, 9.17) is 0 Å². The van der Waals surface area contributed by atoms with Crippen LogP contribution in [0.4, 0.5) is 4.39 Å². The average Bonchev–Trinajstić information content (AvgIpc) is 2.78. The van der Waals surface area contributed by atoms with E-state index < -0.39 is 0 Å². The van der Waals surface area contributed by atoms with Crippen molar-refractivity contribution in [3.8, 4) is 11.4 Å². The first-order valence-electron chi connectivity index (χ1n) is 6.25. The van der Waals surface area contributed by atoms with Gasteiger partial charge < -0.3 is 9.67 Å². The Kier molecular flexibility index (Phi) is 2.88. The number of hydrogen-bond acceptors (Lipinski definition) is 2. The molecule has 0 unspecified atom stereocenters. The zero-order valence-corrected chi connectivity index (χ0v) is 10.1. The summed E-state index contributed by atoms with van der Waals surface area (Å²) < 4.78 is 15.9. The van der Waals surface area contributed by atoms with E-state index in [0.717, 1.165) is 31.5 Å². The summed E-state index contributed by atoms with van der Waals surface area (Å²) in [6.07, 6.45) is 3.10. The molecule has 0 aliphatic carbocycles. The smallest absolute Gasteiger partial charge is 0.143 e. The van der Waals surface area contributed by atoms with Crippen LogP contribution in [0.1, 0.15) is 24.2 Å². The largest absolute Gasteiger partial charge is 0.390 e. The van der Waals surface area contributed by atoms with E-state index in [-0.39, 0.29) is 12.4 Å². The van der Waals surface area contributed by atoms with Gasteiger partial charge in [0.1, 0.15) is 11.6 Å². The van der Waals surface area contributed by atoms with Crippen LogP contribution in [0.3, 0.4) is 0 Å². The third-order valence-corrected chi connectivity index (χ3v) is 3.47. The zero-order chi connectivity index (χ0) is 12.5. The van der Waals surface area contributed by atoms with Gasteiger partial charge in [0.25, 0.3) is 0 Å². The molecule has 2 heterocycles. The van der Waals surface area contributed by atoms with Crippen molar-refractivity contribution in [3.05, 3.63) is 41.5 Å². The van der Waals surface area contributed by atoms with Crippen molar-refractivity contribution < 1.29 is 9.50 Å². The van der Waals surface area contributed by atoms with Crippen LogP contribution in [-0.2, 0) is 19.6 Å². The van der Waals surface area contributed by atoms with E-state index in [2.05, 4.69) is 4.98 Å². The minimum Gasteiger partial charge on any atom is -0.390 e. The summed E-state index contributed by atoms with van der Waals surface area (Å²) in [6.45, 7) is 0.774. The Morgan fingerprint density at radius 3 is 2.89 bits per heavy atom. The average molecular weight is 246 g/mol. The number of aliphatic hydroxyl groups is 1. The van der Waals surface area contributed by atoms with Gasteiger partial charge in [0.15, 0.2) is 0 Å². The molecule has 0 radical (unpaired) electrons. The number of benzene rings is 1. The van der Waals surface area contributed by atoms with Gasteiger partial charge in [-0.1, -0.05) is 12.1 Å². The molecule has 0 atom stereocenters. The summed E-state index contributed by atoms with van der Waals surface area (Å²) in [7, 11) is 0. The van der Waals surface area contributed by atoms with Crippen molar-refractivity contribution in [3.63, 3.8) is 0 Å². The lowest BCUT2D eigenvalue weighted by Crippen LogP contribution is -2.12. The van der Waals surface area contributed by atoms with Gasteiger partial charge in [-0.05, 0) is 31.4 Å². The maximum Gasteiger partial charge on any atom is 0.143 e. The summed E-state index contributed by atoms with van der Waals surface area (Å²) >= 11 is 0. The summed E-state index contributed by atoms with van der Waals surface area (Å²) in [5.41, 5.74) is 2.26. The lowest BCUT2D eigenvalue weighted by Gasteiger charge is -2.17. The molecule has 18 heavy (non-hydrogen) atoms. The molecule has 1 aliphatic rings. The van der Waals surface area contributed by atoms with Crippen LogP contribution >= 0.6 is 0 Å². The van der Waals surface area contributed by atoms with Gasteiger partial charge in [0.2, 0.25) is 0 Å². The molecule has 1 aromatic carbocycles. The van der Waals surface area contributed by atoms with Crippen LogP contribution in [0.15, 0.2) is 24.3 Å². The highest BCUT2D eigenvalue weighted by atomic mass is 19.1. The normalized spacial score (nSPS) is 14.6. The molecule has 4 heteroatoms. The molecule has 94 valence electrons. The molecule has 0 bridgehead atoms. The third kappa shape index (κ3) is 1.73. The van der Waals surface area contributed by atoms with Crippen molar-refractivity contribution >= 4 is 0 Å². The fourth-order valence-corrected chi connectivity index (χ4v) is 2.59. The van der Waals surface area contributed by atoms with Crippen LogP contribution in [0.5, 0.6) is 0 Å². The van der Waals surface area contributed by atoms with Gasteiger partial charge in [-0.3, -0.25) is 0 Å². The second-order valence-corrected chi connectivity index (χ2v) is 4.58. The Hall–Kier alpha value is -1.68. The standard InChI is InChI=1S/C14H15FN2O/c15-11-6-2-1-5-10(11)14-16-12(9-18)13-7-3-4-8-17(13)14/h1-2,5-6,18H,3-4,7-9H2. The number of halogens is 1. The van der Waals surface area contributed by atoms with E-state index >= 15 is 0 Å². The topological polar surface area (TPSA) is 38.1 Å². The second-order valence-electron chi connectivity index (χ2n) is 4.58. The predicted molar refractivity (Wildman–Crippen MR) is 66.5 cm³/mol. The summed E-state index contributed by atoms with van der Waals surface area (Å²) in [6, 6.07) is 6.66. The number of aliphatic hydroxyl groups excluding tert-OH is 1. The number of nitrogens with zero attached hydrogens (tertiary/aromatic N) is 2. The molecule has 3 rings (SSSR count). The van der Waals surface area contributed by atoms with E-state index in [1.165, 1.54) is 6.07 Å². The predicted octanol–water partition coefficient (Wildman–Crippen LogP) is 2.52. The van der Waals surface area contributed by atoms with Crippen LogP contribution < -0.4 is 0 Å². The van der Waals surface area contributed by atoms with Gasteiger partial charge in [0, 0.05) is 12.2 Å². The maximum atomic E-state index is 13.8. The highest BCUT2D eigenvalue weighted by Crippen LogP contribution is 2.28. The first-order chi connectivity index (χ1) is 8.81.